The van der Waals surface area contributed by atoms with E-state index in [2.05, 4.69) is 15.8 Å². The lowest BCUT2D eigenvalue weighted by atomic mass is 10.2. The van der Waals surface area contributed by atoms with Crippen LogP contribution in [0.2, 0.25) is 10.0 Å². The van der Waals surface area contributed by atoms with E-state index in [1.54, 1.807) is 31.4 Å². The summed E-state index contributed by atoms with van der Waals surface area (Å²) in [6, 6.07) is 7.47. The van der Waals surface area contributed by atoms with E-state index < -0.39 is 6.04 Å². The van der Waals surface area contributed by atoms with Gasteiger partial charge in [-0.25, -0.2) is 15.3 Å². The molecule has 0 saturated carbocycles. The molecule has 3 rings (SSSR count). The van der Waals surface area contributed by atoms with Crippen molar-refractivity contribution in [1.82, 2.24) is 10.4 Å². The lowest BCUT2D eigenvalue weighted by Crippen LogP contribution is -2.41. The highest BCUT2D eigenvalue weighted by atomic mass is 35.5. The number of hydrogen-bond donors (Lipinski definition) is 2. The van der Waals surface area contributed by atoms with Crippen molar-refractivity contribution in [3.05, 3.63) is 46.6 Å². The van der Waals surface area contributed by atoms with Crippen LogP contribution in [-0.2, 0) is 9.59 Å². The first-order valence-corrected chi connectivity index (χ1v) is 8.08. The average Bonchev–Trinajstić information content (AvgIpc) is 2.88. The second-order valence-corrected chi connectivity index (χ2v) is 6.12. The number of pyridine rings is 1. The molecule has 2 amide bonds. The van der Waals surface area contributed by atoms with E-state index >= 15 is 0 Å². The summed E-state index contributed by atoms with van der Waals surface area (Å²) in [5.74, 6) is 0.286. The average molecular weight is 381 g/mol. The Balaban J connectivity index is 1.70. The molecule has 2 heterocycles. The molecule has 1 aliphatic heterocycles. The SMILES string of the molecule is COc1ccc(N2C(=O)C[C@H](NNc3ncc(Cl)cc3Cl)C2=O)cc1. The number of methoxy groups -OCH3 is 1. The number of benzene rings is 1. The Morgan fingerprint density at radius 3 is 2.60 bits per heavy atom. The molecule has 0 aliphatic carbocycles. The van der Waals surface area contributed by atoms with E-state index in [-0.39, 0.29) is 18.2 Å². The van der Waals surface area contributed by atoms with E-state index in [9.17, 15) is 9.59 Å². The standard InChI is InChI=1S/C16H14Cl2N4O3/c1-25-11-4-2-10(3-5-11)22-14(23)7-13(16(22)24)20-21-15-12(18)6-9(17)8-19-15/h2-6,8,13,20H,7H2,1H3,(H,19,21)/t13-/m0/s1. The van der Waals surface area contributed by atoms with Crippen molar-refractivity contribution >= 4 is 46.5 Å². The first kappa shape index (κ1) is 17.5. The summed E-state index contributed by atoms with van der Waals surface area (Å²) in [7, 11) is 1.54. The first-order chi connectivity index (χ1) is 12.0. The summed E-state index contributed by atoms with van der Waals surface area (Å²) in [5, 5.41) is 0.692. The minimum Gasteiger partial charge on any atom is -0.497 e. The maximum absolute atomic E-state index is 12.5. The molecule has 0 radical (unpaired) electrons. The van der Waals surface area contributed by atoms with Crippen LogP contribution in [0.5, 0.6) is 5.75 Å². The Morgan fingerprint density at radius 2 is 1.96 bits per heavy atom. The summed E-state index contributed by atoms with van der Waals surface area (Å²) in [5.41, 5.74) is 6.02. The summed E-state index contributed by atoms with van der Waals surface area (Å²) in [6.45, 7) is 0. The molecule has 1 fully saturated rings. The van der Waals surface area contributed by atoms with Crippen molar-refractivity contribution in [2.24, 2.45) is 0 Å². The molecule has 25 heavy (non-hydrogen) atoms. The molecule has 130 valence electrons. The van der Waals surface area contributed by atoms with Crippen molar-refractivity contribution in [3.8, 4) is 5.75 Å². The number of halogens is 2. The lowest BCUT2D eigenvalue weighted by molar-refractivity contribution is -0.121. The Hall–Kier alpha value is -2.35. The summed E-state index contributed by atoms with van der Waals surface area (Å²) in [6.07, 6.45) is 1.44. The lowest BCUT2D eigenvalue weighted by Gasteiger charge is -2.16. The van der Waals surface area contributed by atoms with Crippen LogP contribution in [0.25, 0.3) is 0 Å². The van der Waals surface area contributed by atoms with Gasteiger partial charge in [0.25, 0.3) is 5.91 Å². The Kier molecular flexibility index (Phi) is 5.08. The number of carbonyl (C=O) groups is 2. The fourth-order valence-electron chi connectivity index (χ4n) is 2.41. The smallest absolute Gasteiger partial charge is 0.253 e. The van der Waals surface area contributed by atoms with Gasteiger partial charge in [0, 0.05) is 6.20 Å². The molecule has 1 saturated heterocycles. The van der Waals surface area contributed by atoms with E-state index in [1.165, 1.54) is 12.3 Å². The van der Waals surface area contributed by atoms with E-state index in [0.717, 1.165) is 4.90 Å². The molecular formula is C16H14Cl2N4O3. The highest BCUT2D eigenvalue weighted by Crippen LogP contribution is 2.26. The molecule has 0 spiro atoms. The van der Waals surface area contributed by atoms with Gasteiger partial charge < -0.3 is 10.2 Å². The number of anilines is 2. The molecule has 1 aromatic carbocycles. The van der Waals surface area contributed by atoms with Gasteiger partial charge in [0.2, 0.25) is 5.91 Å². The van der Waals surface area contributed by atoms with Crippen molar-refractivity contribution in [3.63, 3.8) is 0 Å². The van der Waals surface area contributed by atoms with E-state index in [0.29, 0.717) is 27.3 Å². The number of rotatable bonds is 5. The van der Waals surface area contributed by atoms with Crippen molar-refractivity contribution in [2.45, 2.75) is 12.5 Å². The zero-order valence-corrected chi connectivity index (χ0v) is 14.6. The number of amides is 2. The largest absolute Gasteiger partial charge is 0.497 e. The van der Waals surface area contributed by atoms with Gasteiger partial charge in [0.15, 0.2) is 5.82 Å². The number of imide groups is 1. The molecular weight excluding hydrogens is 367 g/mol. The monoisotopic (exact) mass is 380 g/mol. The van der Waals surface area contributed by atoms with Crippen LogP contribution < -0.4 is 20.5 Å². The second kappa shape index (κ2) is 7.26. The number of nitrogens with one attached hydrogen (secondary N) is 2. The van der Waals surface area contributed by atoms with Gasteiger partial charge in [0.05, 0.1) is 29.3 Å². The van der Waals surface area contributed by atoms with Gasteiger partial charge in [-0.3, -0.25) is 9.59 Å². The number of carbonyl (C=O) groups excluding carboxylic acids is 2. The summed E-state index contributed by atoms with van der Waals surface area (Å²) < 4.78 is 5.07. The number of hydrogen-bond acceptors (Lipinski definition) is 6. The van der Waals surface area contributed by atoms with Gasteiger partial charge in [-0.15, -0.1) is 0 Å². The number of nitrogens with zero attached hydrogens (tertiary/aromatic N) is 2. The molecule has 1 aliphatic rings. The van der Waals surface area contributed by atoms with Gasteiger partial charge in [0.1, 0.15) is 11.8 Å². The molecule has 2 aromatic rings. The number of ether oxygens (including phenoxy) is 1. The third kappa shape index (κ3) is 3.68. The molecule has 9 heteroatoms. The van der Waals surface area contributed by atoms with Crippen LogP contribution in [0.15, 0.2) is 36.5 Å². The van der Waals surface area contributed by atoms with Gasteiger partial charge in [-0.05, 0) is 30.3 Å². The molecule has 1 atom stereocenters. The minimum atomic E-state index is -0.733. The second-order valence-electron chi connectivity index (χ2n) is 5.28. The van der Waals surface area contributed by atoms with Crippen LogP contribution in [0.3, 0.4) is 0 Å². The van der Waals surface area contributed by atoms with Crippen LogP contribution in [-0.4, -0.2) is 29.9 Å². The van der Waals surface area contributed by atoms with Gasteiger partial charge in [-0.2, -0.15) is 0 Å². The predicted octanol–water partition coefficient (Wildman–Crippen LogP) is 2.65. The minimum absolute atomic E-state index is 0.0169. The molecule has 7 nitrogen and oxygen atoms in total. The summed E-state index contributed by atoms with van der Waals surface area (Å²) >= 11 is 11.8. The quantitative estimate of drug-likeness (QED) is 0.612. The third-order valence-electron chi connectivity index (χ3n) is 3.65. The Morgan fingerprint density at radius 1 is 1.24 bits per heavy atom. The topological polar surface area (TPSA) is 83.6 Å². The zero-order valence-electron chi connectivity index (χ0n) is 13.1. The van der Waals surface area contributed by atoms with Crippen LogP contribution in [0, 0.1) is 0 Å². The fraction of sp³-hybridized carbons (Fsp3) is 0.188. The zero-order chi connectivity index (χ0) is 18.0. The van der Waals surface area contributed by atoms with Crippen molar-refractivity contribution in [2.75, 3.05) is 17.4 Å². The van der Waals surface area contributed by atoms with E-state index in [1.807, 2.05) is 0 Å². The van der Waals surface area contributed by atoms with Gasteiger partial charge >= 0.3 is 0 Å². The normalized spacial score (nSPS) is 17.1. The molecule has 2 N–H and O–H groups in total. The van der Waals surface area contributed by atoms with Crippen molar-refractivity contribution in [1.29, 1.82) is 0 Å². The van der Waals surface area contributed by atoms with E-state index in [4.69, 9.17) is 27.9 Å². The molecule has 0 unspecified atom stereocenters. The Labute approximate surface area is 153 Å². The van der Waals surface area contributed by atoms with Crippen molar-refractivity contribution < 1.29 is 14.3 Å². The van der Waals surface area contributed by atoms with Crippen LogP contribution >= 0.6 is 23.2 Å². The number of aromatic nitrogens is 1. The number of hydrazine groups is 1. The summed E-state index contributed by atoms with van der Waals surface area (Å²) in [4.78, 5) is 29.9. The molecule has 1 aromatic heterocycles. The highest BCUT2D eigenvalue weighted by molar-refractivity contribution is 6.36. The highest BCUT2D eigenvalue weighted by Gasteiger charge is 2.39. The molecule has 0 bridgehead atoms. The first-order valence-electron chi connectivity index (χ1n) is 7.33. The maximum atomic E-state index is 12.5. The fourth-order valence-corrected chi connectivity index (χ4v) is 2.84. The van der Waals surface area contributed by atoms with Crippen LogP contribution in [0.1, 0.15) is 6.42 Å². The third-order valence-corrected chi connectivity index (χ3v) is 4.14. The maximum Gasteiger partial charge on any atom is 0.253 e. The predicted molar refractivity (Wildman–Crippen MR) is 94.9 cm³/mol. The van der Waals surface area contributed by atoms with Gasteiger partial charge in [-0.1, -0.05) is 23.2 Å². The Bertz CT molecular complexity index is 814. The van der Waals surface area contributed by atoms with Crippen LogP contribution in [0.4, 0.5) is 11.5 Å².